The van der Waals surface area contributed by atoms with Crippen molar-refractivity contribution >= 4 is 23.2 Å². The quantitative estimate of drug-likeness (QED) is 0.785. The van der Waals surface area contributed by atoms with Crippen LogP contribution in [0.2, 0.25) is 0 Å². The first-order valence-corrected chi connectivity index (χ1v) is 7.69. The molecule has 126 valence electrons. The minimum absolute atomic E-state index is 0.106. The van der Waals surface area contributed by atoms with E-state index in [1.165, 1.54) is 0 Å². The van der Waals surface area contributed by atoms with Gasteiger partial charge in [0.05, 0.1) is 25.8 Å². The van der Waals surface area contributed by atoms with Crippen molar-refractivity contribution < 1.29 is 14.3 Å². The van der Waals surface area contributed by atoms with E-state index in [1.807, 2.05) is 24.3 Å². The van der Waals surface area contributed by atoms with E-state index in [0.717, 1.165) is 37.7 Å². The number of likely N-dealkylation sites (N-methyl/N-ethyl adjacent to an activating group) is 1. The summed E-state index contributed by atoms with van der Waals surface area (Å²) in [7, 11) is 1.69. The molecular weight excluding hydrogens is 296 g/mol. The van der Waals surface area contributed by atoms with E-state index in [4.69, 9.17) is 10.5 Å². The number of benzene rings is 1. The minimum atomic E-state index is -0.482. The Balaban J connectivity index is 1.87. The fourth-order valence-electron chi connectivity index (χ4n) is 2.36. The van der Waals surface area contributed by atoms with Gasteiger partial charge in [-0.1, -0.05) is 0 Å². The zero-order chi connectivity index (χ0) is 16.8. The highest BCUT2D eigenvalue weighted by atomic mass is 16.5. The number of carbonyl (C=O) groups is 2. The summed E-state index contributed by atoms with van der Waals surface area (Å²) in [4.78, 5) is 27.0. The highest BCUT2D eigenvalue weighted by Gasteiger charge is 2.17. The summed E-state index contributed by atoms with van der Waals surface area (Å²) < 4.78 is 5.33. The topological polar surface area (TPSA) is 87.9 Å². The third-order valence-electron chi connectivity index (χ3n) is 3.99. The predicted octanol–water partition coefficient (Wildman–Crippen LogP) is 0.267. The summed E-state index contributed by atoms with van der Waals surface area (Å²) in [5.74, 6) is -0.630. The summed E-state index contributed by atoms with van der Waals surface area (Å²) in [6.07, 6.45) is 0. The van der Waals surface area contributed by atoms with Crippen LogP contribution >= 0.6 is 0 Å². The van der Waals surface area contributed by atoms with Crippen LogP contribution in [-0.2, 0) is 14.3 Å². The fourth-order valence-corrected chi connectivity index (χ4v) is 2.36. The smallest absolute Gasteiger partial charge is 0.238 e. The Morgan fingerprint density at radius 2 is 1.91 bits per heavy atom. The summed E-state index contributed by atoms with van der Waals surface area (Å²) in [6.45, 7) is 5.01. The Morgan fingerprint density at radius 1 is 1.30 bits per heavy atom. The maximum Gasteiger partial charge on any atom is 0.238 e. The molecule has 0 aliphatic carbocycles. The molecule has 1 saturated heterocycles. The lowest BCUT2D eigenvalue weighted by molar-refractivity contribution is -0.123. The summed E-state index contributed by atoms with van der Waals surface area (Å²) >= 11 is 0. The Kier molecular flexibility index (Phi) is 5.95. The van der Waals surface area contributed by atoms with Crippen LogP contribution in [0.1, 0.15) is 6.92 Å². The van der Waals surface area contributed by atoms with E-state index >= 15 is 0 Å². The molecule has 1 aromatic carbocycles. The number of amides is 2. The van der Waals surface area contributed by atoms with E-state index in [1.54, 1.807) is 18.9 Å². The van der Waals surface area contributed by atoms with Crippen LogP contribution < -0.4 is 16.0 Å². The van der Waals surface area contributed by atoms with Gasteiger partial charge in [0.15, 0.2) is 0 Å². The third-order valence-corrected chi connectivity index (χ3v) is 3.99. The van der Waals surface area contributed by atoms with Crippen LogP contribution in [0.3, 0.4) is 0 Å². The largest absolute Gasteiger partial charge is 0.378 e. The molecule has 2 amide bonds. The molecule has 2 rings (SSSR count). The van der Waals surface area contributed by atoms with Gasteiger partial charge in [0.1, 0.15) is 0 Å². The molecule has 0 spiro atoms. The van der Waals surface area contributed by atoms with Gasteiger partial charge in [-0.2, -0.15) is 0 Å². The van der Waals surface area contributed by atoms with E-state index < -0.39 is 11.9 Å². The highest BCUT2D eigenvalue weighted by Crippen LogP contribution is 2.19. The molecule has 1 heterocycles. The number of carbonyl (C=O) groups excluding carboxylic acids is 2. The molecule has 1 aliphatic rings. The number of ether oxygens (including phenoxy) is 1. The number of nitrogens with one attached hydrogen (secondary N) is 1. The van der Waals surface area contributed by atoms with Gasteiger partial charge in [-0.25, -0.2) is 0 Å². The molecule has 1 aliphatic heterocycles. The first-order valence-electron chi connectivity index (χ1n) is 7.69. The third kappa shape index (κ3) is 4.94. The van der Waals surface area contributed by atoms with Crippen LogP contribution in [0.15, 0.2) is 24.3 Å². The number of primary amides is 1. The molecular formula is C16H24N4O3. The Labute approximate surface area is 136 Å². The number of anilines is 2. The van der Waals surface area contributed by atoms with Crippen LogP contribution in [0.25, 0.3) is 0 Å². The number of hydrogen-bond acceptors (Lipinski definition) is 5. The van der Waals surface area contributed by atoms with E-state index in [2.05, 4.69) is 10.2 Å². The van der Waals surface area contributed by atoms with Gasteiger partial charge in [-0.15, -0.1) is 0 Å². The van der Waals surface area contributed by atoms with Gasteiger partial charge in [-0.05, 0) is 38.2 Å². The predicted molar refractivity (Wildman–Crippen MR) is 89.4 cm³/mol. The van der Waals surface area contributed by atoms with Crippen molar-refractivity contribution in [1.82, 2.24) is 4.90 Å². The fraction of sp³-hybridized carbons (Fsp3) is 0.500. The van der Waals surface area contributed by atoms with Crippen molar-refractivity contribution in [3.8, 4) is 0 Å². The summed E-state index contributed by atoms with van der Waals surface area (Å²) in [6, 6.07) is 7.23. The first kappa shape index (κ1) is 17.2. The lowest BCUT2D eigenvalue weighted by Gasteiger charge is -2.29. The van der Waals surface area contributed by atoms with Crippen molar-refractivity contribution in [1.29, 1.82) is 0 Å². The molecule has 3 N–H and O–H groups in total. The molecule has 7 nitrogen and oxygen atoms in total. The van der Waals surface area contributed by atoms with Crippen molar-refractivity contribution in [3.05, 3.63) is 24.3 Å². The average molecular weight is 320 g/mol. The van der Waals surface area contributed by atoms with Crippen LogP contribution in [0.4, 0.5) is 11.4 Å². The van der Waals surface area contributed by atoms with Gasteiger partial charge in [0.25, 0.3) is 0 Å². The van der Waals surface area contributed by atoms with Gasteiger partial charge < -0.3 is 20.7 Å². The molecule has 0 unspecified atom stereocenters. The average Bonchev–Trinajstić information content (AvgIpc) is 2.55. The number of nitrogens with two attached hydrogens (primary N) is 1. The minimum Gasteiger partial charge on any atom is -0.378 e. The molecule has 0 radical (unpaired) electrons. The van der Waals surface area contributed by atoms with E-state index in [-0.39, 0.29) is 12.5 Å². The van der Waals surface area contributed by atoms with Crippen LogP contribution in [-0.4, -0.2) is 62.7 Å². The molecule has 23 heavy (non-hydrogen) atoms. The number of morpholine rings is 1. The van der Waals surface area contributed by atoms with Gasteiger partial charge >= 0.3 is 0 Å². The lowest BCUT2D eigenvalue weighted by Crippen LogP contribution is -2.43. The lowest BCUT2D eigenvalue weighted by atomic mass is 10.2. The van der Waals surface area contributed by atoms with Gasteiger partial charge in [0.2, 0.25) is 11.8 Å². The van der Waals surface area contributed by atoms with Crippen molar-refractivity contribution in [2.24, 2.45) is 5.73 Å². The van der Waals surface area contributed by atoms with Gasteiger partial charge in [0, 0.05) is 24.5 Å². The number of hydrogen-bond donors (Lipinski definition) is 2. The first-order chi connectivity index (χ1) is 11.0. The molecule has 0 bridgehead atoms. The number of rotatable bonds is 6. The second kappa shape index (κ2) is 7.94. The molecule has 1 fully saturated rings. The van der Waals surface area contributed by atoms with Gasteiger partial charge in [-0.3, -0.25) is 14.5 Å². The molecule has 0 saturated carbocycles. The molecule has 0 aromatic heterocycles. The molecule has 1 aromatic rings. The van der Waals surface area contributed by atoms with Crippen LogP contribution in [0, 0.1) is 0 Å². The maximum atomic E-state index is 12.0. The van der Waals surface area contributed by atoms with Crippen molar-refractivity contribution in [2.45, 2.75) is 13.0 Å². The van der Waals surface area contributed by atoms with E-state index in [0.29, 0.717) is 0 Å². The SMILES string of the molecule is C[C@@H](C(N)=O)N(C)CC(=O)Nc1ccc(N2CCOCC2)cc1. The Hall–Kier alpha value is -2.12. The summed E-state index contributed by atoms with van der Waals surface area (Å²) in [5.41, 5.74) is 7.07. The maximum absolute atomic E-state index is 12.0. The zero-order valence-corrected chi connectivity index (χ0v) is 13.6. The second-order valence-electron chi connectivity index (χ2n) is 5.69. The standard InChI is InChI=1S/C16H24N4O3/c1-12(16(17)22)19(2)11-15(21)18-13-3-5-14(6-4-13)20-7-9-23-10-8-20/h3-6,12H,7-11H2,1-2H3,(H2,17,22)(H,18,21)/t12-/m0/s1. The van der Waals surface area contributed by atoms with Crippen LogP contribution in [0.5, 0.6) is 0 Å². The monoisotopic (exact) mass is 320 g/mol. The van der Waals surface area contributed by atoms with E-state index in [9.17, 15) is 9.59 Å². The highest BCUT2D eigenvalue weighted by molar-refractivity contribution is 5.93. The normalized spacial score (nSPS) is 16.2. The Morgan fingerprint density at radius 3 is 2.48 bits per heavy atom. The second-order valence-corrected chi connectivity index (χ2v) is 5.69. The Bertz CT molecular complexity index is 541. The molecule has 7 heteroatoms. The zero-order valence-electron chi connectivity index (χ0n) is 13.6. The molecule has 1 atom stereocenters. The summed E-state index contributed by atoms with van der Waals surface area (Å²) in [5, 5.41) is 2.82. The van der Waals surface area contributed by atoms with Crippen molar-refractivity contribution in [3.63, 3.8) is 0 Å². The van der Waals surface area contributed by atoms with Crippen molar-refractivity contribution in [2.75, 3.05) is 50.1 Å². The number of nitrogens with zero attached hydrogens (tertiary/aromatic N) is 2.